The van der Waals surface area contributed by atoms with Crippen molar-refractivity contribution in [2.24, 2.45) is 0 Å². The first-order valence-electron chi connectivity index (χ1n) is 3.77. The van der Waals surface area contributed by atoms with Crippen molar-refractivity contribution < 1.29 is 0 Å². The first kappa shape index (κ1) is 11.1. The molecule has 0 atom stereocenters. The number of rotatable bonds is 0. The summed E-state index contributed by atoms with van der Waals surface area (Å²) >= 11 is 22.9. The van der Waals surface area contributed by atoms with Crippen molar-refractivity contribution in [1.29, 1.82) is 0 Å². The number of nitrogens with two attached hydrogens (primary N) is 1. The van der Waals surface area contributed by atoms with Crippen LogP contribution >= 0.6 is 46.4 Å². The molecular formula is C7H4Cl4N4. The molecule has 0 saturated carbocycles. The summed E-state index contributed by atoms with van der Waals surface area (Å²) in [6, 6.07) is 1.58. The second kappa shape index (κ2) is 3.56. The van der Waals surface area contributed by atoms with Gasteiger partial charge in [0, 0.05) is 6.20 Å². The van der Waals surface area contributed by atoms with Gasteiger partial charge in [-0.3, -0.25) is 4.40 Å². The van der Waals surface area contributed by atoms with Crippen LogP contribution in [0.1, 0.15) is 5.82 Å². The van der Waals surface area contributed by atoms with E-state index in [2.05, 4.69) is 10.2 Å². The fourth-order valence-corrected chi connectivity index (χ4v) is 1.67. The highest BCUT2D eigenvalue weighted by Crippen LogP contribution is 2.37. The SMILES string of the molecule is Nc1c(Cl)ccn2c(C(Cl)(Cl)Cl)nnc12. The fourth-order valence-electron chi connectivity index (χ4n) is 1.15. The lowest BCUT2D eigenvalue weighted by atomic mass is 10.4. The van der Waals surface area contributed by atoms with Crippen LogP contribution in [0, 0.1) is 0 Å². The molecule has 4 nitrogen and oxygen atoms in total. The molecule has 0 aromatic carbocycles. The third kappa shape index (κ3) is 1.83. The summed E-state index contributed by atoms with van der Waals surface area (Å²) < 4.78 is -0.173. The summed E-state index contributed by atoms with van der Waals surface area (Å²) in [4.78, 5) is 0. The molecule has 0 radical (unpaired) electrons. The number of anilines is 1. The maximum Gasteiger partial charge on any atom is 0.250 e. The van der Waals surface area contributed by atoms with Gasteiger partial charge in [-0.2, -0.15) is 0 Å². The Labute approximate surface area is 105 Å². The number of nitrogens with zero attached hydrogens (tertiary/aromatic N) is 3. The molecular weight excluding hydrogens is 282 g/mol. The number of fused-ring (bicyclic) bond motifs is 1. The Kier molecular flexibility index (Phi) is 2.63. The molecule has 2 heterocycles. The third-order valence-electron chi connectivity index (χ3n) is 1.82. The van der Waals surface area contributed by atoms with Crippen LogP contribution in [0.3, 0.4) is 0 Å². The van der Waals surface area contributed by atoms with Crippen molar-refractivity contribution in [1.82, 2.24) is 14.6 Å². The maximum absolute atomic E-state index is 5.81. The molecule has 0 aliphatic carbocycles. The molecule has 0 bridgehead atoms. The van der Waals surface area contributed by atoms with Crippen LogP contribution in [0.2, 0.25) is 5.02 Å². The van der Waals surface area contributed by atoms with E-state index in [-0.39, 0.29) is 5.82 Å². The molecule has 2 aromatic rings. The van der Waals surface area contributed by atoms with E-state index in [0.717, 1.165) is 0 Å². The highest BCUT2D eigenvalue weighted by Gasteiger charge is 2.29. The molecule has 8 heteroatoms. The predicted molar refractivity (Wildman–Crippen MR) is 61.6 cm³/mol. The number of hydrogen-bond donors (Lipinski definition) is 1. The average molecular weight is 286 g/mol. The van der Waals surface area contributed by atoms with E-state index >= 15 is 0 Å². The van der Waals surface area contributed by atoms with Gasteiger partial charge in [0.2, 0.25) is 0 Å². The van der Waals surface area contributed by atoms with Gasteiger partial charge in [-0.15, -0.1) is 10.2 Å². The Morgan fingerprint density at radius 2 is 1.93 bits per heavy atom. The van der Waals surface area contributed by atoms with E-state index in [1.807, 2.05) is 0 Å². The molecule has 0 aliphatic heterocycles. The van der Waals surface area contributed by atoms with Gasteiger partial charge in [0.1, 0.15) is 0 Å². The van der Waals surface area contributed by atoms with E-state index in [0.29, 0.717) is 16.4 Å². The summed E-state index contributed by atoms with van der Waals surface area (Å²) in [5.74, 6) is 0.172. The number of alkyl halides is 3. The highest BCUT2D eigenvalue weighted by molar-refractivity contribution is 6.66. The molecule has 80 valence electrons. The highest BCUT2D eigenvalue weighted by atomic mass is 35.6. The topological polar surface area (TPSA) is 56.2 Å². The van der Waals surface area contributed by atoms with Crippen LogP contribution in [-0.2, 0) is 3.79 Å². The largest absolute Gasteiger partial charge is 0.394 e. The van der Waals surface area contributed by atoms with Crippen LogP contribution in [0.15, 0.2) is 12.3 Å². The van der Waals surface area contributed by atoms with Gasteiger partial charge in [0.25, 0.3) is 3.79 Å². The summed E-state index contributed by atoms with van der Waals surface area (Å²) in [7, 11) is 0. The van der Waals surface area contributed by atoms with Crippen LogP contribution < -0.4 is 5.73 Å². The lowest BCUT2D eigenvalue weighted by Crippen LogP contribution is -2.07. The molecule has 0 unspecified atom stereocenters. The predicted octanol–water partition coefficient (Wildman–Crippen LogP) is 2.79. The van der Waals surface area contributed by atoms with E-state index in [4.69, 9.17) is 52.1 Å². The first-order valence-corrected chi connectivity index (χ1v) is 5.28. The van der Waals surface area contributed by atoms with Crippen molar-refractivity contribution in [2.75, 3.05) is 5.73 Å². The van der Waals surface area contributed by atoms with Crippen molar-refractivity contribution in [3.63, 3.8) is 0 Å². The van der Waals surface area contributed by atoms with Crippen LogP contribution in [0.4, 0.5) is 5.69 Å². The van der Waals surface area contributed by atoms with Gasteiger partial charge in [-0.05, 0) is 6.07 Å². The standard InChI is InChI=1S/C7H4Cl4N4/c8-3-1-2-15-5(4(3)12)13-14-6(15)7(9,10)11/h1-2H,12H2. The number of halogens is 4. The van der Waals surface area contributed by atoms with Crippen molar-refractivity contribution >= 4 is 57.7 Å². The first-order chi connectivity index (χ1) is 6.91. The maximum atomic E-state index is 5.81. The minimum absolute atomic E-state index is 0.172. The van der Waals surface area contributed by atoms with Crippen LogP contribution in [0.25, 0.3) is 5.65 Å². The number of nitrogen functional groups attached to an aromatic ring is 1. The minimum atomic E-state index is -1.65. The lowest BCUT2D eigenvalue weighted by Gasteiger charge is -2.08. The monoisotopic (exact) mass is 284 g/mol. The zero-order chi connectivity index (χ0) is 11.2. The molecule has 0 spiro atoms. The Bertz CT molecular complexity index is 515. The van der Waals surface area contributed by atoms with E-state index in [1.54, 1.807) is 12.3 Å². The summed E-state index contributed by atoms with van der Waals surface area (Å²) in [6.45, 7) is 0. The molecule has 2 rings (SSSR count). The molecule has 15 heavy (non-hydrogen) atoms. The zero-order valence-corrected chi connectivity index (χ0v) is 10.1. The Morgan fingerprint density at radius 1 is 1.27 bits per heavy atom. The number of pyridine rings is 1. The van der Waals surface area contributed by atoms with Crippen LogP contribution in [0.5, 0.6) is 0 Å². The van der Waals surface area contributed by atoms with Crippen molar-refractivity contribution in [3.8, 4) is 0 Å². The Morgan fingerprint density at radius 3 is 2.53 bits per heavy atom. The average Bonchev–Trinajstić information content (AvgIpc) is 2.54. The summed E-state index contributed by atoms with van der Waals surface area (Å²) in [6.07, 6.45) is 1.59. The van der Waals surface area contributed by atoms with Crippen molar-refractivity contribution in [2.45, 2.75) is 3.79 Å². The molecule has 2 aromatic heterocycles. The van der Waals surface area contributed by atoms with Gasteiger partial charge in [-0.1, -0.05) is 46.4 Å². The van der Waals surface area contributed by atoms with Crippen LogP contribution in [-0.4, -0.2) is 14.6 Å². The number of hydrogen-bond acceptors (Lipinski definition) is 3. The Hall–Kier alpha value is -0.420. The molecule has 0 fully saturated rings. The molecule has 0 saturated heterocycles. The second-order valence-electron chi connectivity index (χ2n) is 2.79. The quantitative estimate of drug-likeness (QED) is 0.757. The molecule has 0 amide bonds. The summed E-state index contributed by atoms with van der Waals surface area (Å²) in [5, 5.41) is 7.92. The lowest BCUT2D eigenvalue weighted by molar-refractivity contribution is 0.934. The van der Waals surface area contributed by atoms with Gasteiger partial charge in [-0.25, -0.2) is 0 Å². The molecule has 0 aliphatic rings. The zero-order valence-electron chi connectivity index (χ0n) is 7.09. The van der Waals surface area contributed by atoms with Gasteiger partial charge >= 0.3 is 0 Å². The second-order valence-corrected chi connectivity index (χ2v) is 5.48. The van der Waals surface area contributed by atoms with E-state index in [1.165, 1.54) is 4.40 Å². The smallest absolute Gasteiger partial charge is 0.250 e. The van der Waals surface area contributed by atoms with Gasteiger partial charge < -0.3 is 5.73 Å². The summed E-state index contributed by atoms with van der Waals surface area (Å²) in [5.41, 5.74) is 6.35. The normalized spacial score (nSPS) is 12.3. The fraction of sp³-hybridized carbons (Fsp3) is 0.143. The minimum Gasteiger partial charge on any atom is -0.394 e. The molecule has 2 N–H and O–H groups in total. The van der Waals surface area contributed by atoms with Crippen molar-refractivity contribution in [3.05, 3.63) is 23.1 Å². The number of aromatic nitrogens is 3. The van der Waals surface area contributed by atoms with E-state index in [9.17, 15) is 0 Å². The van der Waals surface area contributed by atoms with Gasteiger partial charge in [0.05, 0.1) is 10.7 Å². The third-order valence-corrected chi connectivity index (χ3v) is 2.65. The Balaban J connectivity index is 2.78. The van der Waals surface area contributed by atoms with E-state index < -0.39 is 3.79 Å². The van der Waals surface area contributed by atoms with Gasteiger partial charge in [0.15, 0.2) is 11.5 Å².